The molecular formula is C16H27N3O. The highest BCUT2D eigenvalue weighted by Crippen LogP contribution is 2.29. The number of rotatable bonds is 5. The van der Waals surface area contributed by atoms with Gasteiger partial charge in [-0.3, -0.25) is 0 Å². The zero-order valence-corrected chi connectivity index (χ0v) is 12.9. The van der Waals surface area contributed by atoms with E-state index in [4.69, 9.17) is 0 Å². The number of nitrogens with one attached hydrogen (secondary N) is 1. The number of anilines is 1. The van der Waals surface area contributed by atoms with Crippen LogP contribution in [0.5, 0.6) is 0 Å². The predicted molar refractivity (Wildman–Crippen MR) is 83.0 cm³/mol. The Hall–Kier alpha value is -1.13. The number of aliphatic hydroxyl groups is 1. The maximum atomic E-state index is 10.3. The van der Waals surface area contributed by atoms with Crippen molar-refractivity contribution in [3.05, 3.63) is 23.9 Å². The highest BCUT2D eigenvalue weighted by atomic mass is 16.3. The molecule has 2 heterocycles. The molecule has 2 atom stereocenters. The van der Waals surface area contributed by atoms with Gasteiger partial charge in [0.2, 0.25) is 0 Å². The standard InChI is InChI=1S/C16H27N3O/c1-4-9-17-13(2)14-7-5-10-18-15(14)19-11-6-8-16(3,20)12-19/h5,7,10,13,17,20H,4,6,8-9,11-12H2,1-3H3. The number of nitrogens with zero attached hydrogens (tertiary/aromatic N) is 2. The van der Waals surface area contributed by atoms with Gasteiger partial charge in [-0.25, -0.2) is 4.98 Å². The summed E-state index contributed by atoms with van der Waals surface area (Å²) in [6.45, 7) is 8.91. The Morgan fingerprint density at radius 1 is 1.55 bits per heavy atom. The molecule has 2 rings (SSSR count). The van der Waals surface area contributed by atoms with Crippen molar-refractivity contribution in [3.63, 3.8) is 0 Å². The highest BCUT2D eigenvalue weighted by Gasteiger charge is 2.30. The first kappa shape index (κ1) is 15.3. The number of pyridine rings is 1. The molecule has 0 bridgehead atoms. The van der Waals surface area contributed by atoms with Gasteiger partial charge in [-0.15, -0.1) is 0 Å². The normalized spacial score (nSPS) is 24.7. The summed E-state index contributed by atoms with van der Waals surface area (Å²) >= 11 is 0. The Morgan fingerprint density at radius 3 is 3.05 bits per heavy atom. The number of hydrogen-bond acceptors (Lipinski definition) is 4. The molecule has 2 unspecified atom stereocenters. The van der Waals surface area contributed by atoms with E-state index in [2.05, 4.69) is 35.1 Å². The zero-order chi connectivity index (χ0) is 14.6. The van der Waals surface area contributed by atoms with Gasteiger partial charge >= 0.3 is 0 Å². The van der Waals surface area contributed by atoms with Gasteiger partial charge < -0.3 is 15.3 Å². The van der Waals surface area contributed by atoms with Crippen LogP contribution in [0.15, 0.2) is 18.3 Å². The molecule has 0 aromatic carbocycles. The fourth-order valence-corrected chi connectivity index (χ4v) is 2.88. The first-order chi connectivity index (χ1) is 9.53. The summed E-state index contributed by atoms with van der Waals surface area (Å²) < 4.78 is 0. The van der Waals surface area contributed by atoms with Crippen molar-refractivity contribution in [1.82, 2.24) is 10.3 Å². The van der Waals surface area contributed by atoms with E-state index in [0.717, 1.165) is 38.2 Å². The van der Waals surface area contributed by atoms with E-state index < -0.39 is 5.60 Å². The molecule has 0 radical (unpaired) electrons. The Balaban J connectivity index is 2.18. The summed E-state index contributed by atoms with van der Waals surface area (Å²) in [6.07, 6.45) is 4.85. The molecule has 1 aliphatic heterocycles. The van der Waals surface area contributed by atoms with Gasteiger partial charge in [0.25, 0.3) is 0 Å². The number of hydrogen-bond donors (Lipinski definition) is 2. The fraction of sp³-hybridized carbons (Fsp3) is 0.688. The predicted octanol–water partition coefficient (Wildman–Crippen LogP) is 2.49. The van der Waals surface area contributed by atoms with Crippen molar-refractivity contribution in [2.24, 2.45) is 0 Å². The Bertz CT molecular complexity index is 433. The van der Waals surface area contributed by atoms with Crippen LogP contribution in [0.4, 0.5) is 5.82 Å². The van der Waals surface area contributed by atoms with Crippen LogP contribution in [0, 0.1) is 0 Å². The summed E-state index contributed by atoms with van der Waals surface area (Å²) in [4.78, 5) is 6.80. The first-order valence-electron chi connectivity index (χ1n) is 7.69. The first-order valence-corrected chi connectivity index (χ1v) is 7.69. The van der Waals surface area contributed by atoms with Gasteiger partial charge in [-0.1, -0.05) is 13.0 Å². The van der Waals surface area contributed by atoms with Crippen molar-refractivity contribution in [3.8, 4) is 0 Å². The maximum absolute atomic E-state index is 10.3. The number of aromatic nitrogens is 1. The van der Waals surface area contributed by atoms with Crippen LogP contribution >= 0.6 is 0 Å². The molecule has 1 aromatic rings. The quantitative estimate of drug-likeness (QED) is 0.868. The molecule has 0 spiro atoms. The van der Waals surface area contributed by atoms with Gasteiger partial charge in [-0.05, 0) is 45.7 Å². The van der Waals surface area contributed by atoms with E-state index in [-0.39, 0.29) is 6.04 Å². The zero-order valence-electron chi connectivity index (χ0n) is 12.9. The molecular weight excluding hydrogens is 250 g/mol. The largest absolute Gasteiger partial charge is 0.388 e. The fourth-order valence-electron chi connectivity index (χ4n) is 2.88. The topological polar surface area (TPSA) is 48.4 Å². The van der Waals surface area contributed by atoms with E-state index in [9.17, 15) is 5.11 Å². The molecule has 1 aromatic heterocycles. The van der Waals surface area contributed by atoms with Gasteiger partial charge in [0.05, 0.1) is 5.60 Å². The van der Waals surface area contributed by atoms with Crippen LogP contribution in [0.3, 0.4) is 0 Å². The molecule has 4 nitrogen and oxygen atoms in total. The van der Waals surface area contributed by atoms with Gasteiger partial charge in [0, 0.05) is 30.9 Å². The van der Waals surface area contributed by atoms with Gasteiger partial charge in [0.15, 0.2) is 0 Å². The van der Waals surface area contributed by atoms with E-state index in [1.165, 1.54) is 5.56 Å². The second-order valence-corrected chi connectivity index (χ2v) is 6.11. The molecule has 4 heteroatoms. The number of piperidine rings is 1. The minimum Gasteiger partial charge on any atom is -0.388 e. The average molecular weight is 277 g/mol. The monoisotopic (exact) mass is 277 g/mol. The highest BCUT2D eigenvalue weighted by molar-refractivity contribution is 5.49. The third kappa shape index (κ3) is 3.70. The molecule has 1 fully saturated rings. The molecule has 1 saturated heterocycles. The van der Waals surface area contributed by atoms with E-state index in [0.29, 0.717) is 6.54 Å². The minimum atomic E-state index is -0.604. The molecule has 0 amide bonds. The number of β-amino-alcohol motifs (C(OH)–C–C–N with tert-alkyl or cyclic N) is 1. The van der Waals surface area contributed by atoms with Crippen LogP contribution in [0.2, 0.25) is 0 Å². The molecule has 1 aliphatic rings. The van der Waals surface area contributed by atoms with Crippen molar-refractivity contribution in [2.45, 2.75) is 51.7 Å². The van der Waals surface area contributed by atoms with Crippen LogP contribution in [-0.4, -0.2) is 35.3 Å². The molecule has 0 aliphatic carbocycles. The third-order valence-corrected chi connectivity index (χ3v) is 3.96. The average Bonchev–Trinajstić information content (AvgIpc) is 2.43. The maximum Gasteiger partial charge on any atom is 0.133 e. The van der Waals surface area contributed by atoms with Crippen LogP contribution in [-0.2, 0) is 0 Å². The van der Waals surface area contributed by atoms with Crippen molar-refractivity contribution < 1.29 is 5.11 Å². The lowest BCUT2D eigenvalue weighted by Gasteiger charge is -2.38. The van der Waals surface area contributed by atoms with Crippen LogP contribution in [0.25, 0.3) is 0 Å². The van der Waals surface area contributed by atoms with Gasteiger partial charge in [-0.2, -0.15) is 0 Å². The summed E-state index contributed by atoms with van der Waals surface area (Å²) in [5.41, 5.74) is 0.617. The van der Waals surface area contributed by atoms with E-state index >= 15 is 0 Å². The van der Waals surface area contributed by atoms with E-state index in [1.807, 2.05) is 19.2 Å². The lowest BCUT2D eigenvalue weighted by Crippen LogP contribution is -2.47. The minimum absolute atomic E-state index is 0.283. The van der Waals surface area contributed by atoms with Crippen molar-refractivity contribution >= 4 is 5.82 Å². The summed E-state index contributed by atoms with van der Waals surface area (Å²) in [5.74, 6) is 1.02. The SMILES string of the molecule is CCCNC(C)c1cccnc1N1CCCC(C)(O)C1. The van der Waals surface area contributed by atoms with Crippen molar-refractivity contribution in [1.29, 1.82) is 0 Å². The Morgan fingerprint density at radius 2 is 2.35 bits per heavy atom. The lowest BCUT2D eigenvalue weighted by molar-refractivity contribution is 0.0446. The van der Waals surface area contributed by atoms with Crippen LogP contribution < -0.4 is 10.2 Å². The second kappa shape index (κ2) is 6.55. The second-order valence-electron chi connectivity index (χ2n) is 6.11. The molecule has 112 valence electrons. The van der Waals surface area contributed by atoms with Crippen LogP contribution in [0.1, 0.15) is 51.6 Å². The summed E-state index contributed by atoms with van der Waals surface area (Å²) in [5, 5.41) is 13.8. The van der Waals surface area contributed by atoms with E-state index in [1.54, 1.807) is 0 Å². The summed E-state index contributed by atoms with van der Waals surface area (Å²) in [6, 6.07) is 4.41. The van der Waals surface area contributed by atoms with Crippen molar-refractivity contribution in [2.75, 3.05) is 24.5 Å². The lowest BCUT2D eigenvalue weighted by atomic mass is 9.94. The Kier molecular flexibility index (Phi) is 5.00. The Labute approximate surface area is 122 Å². The summed E-state index contributed by atoms with van der Waals surface area (Å²) in [7, 11) is 0. The smallest absolute Gasteiger partial charge is 0.133 e. The molecule has 20 heavy (non-hydrogen) atoms. The molecule has 2 N–H and O–H groups in total. The third-order valence-electron chi connectivity index (χ3n) is 3.96. The van der Waals surface area contributed by atoms with Gasteiger partial charge in [0.1, 0.15) is 5.82 Å². The molecule has 0 saturated carbocycles.